The Morgan fingerprint density at radius 1 is 1.07 bits per heavy atom. The third-order valence-corrected chi connectivity index (χ3v) is 5.24. The molecule has 0 aliphatic carbocycles. The molecule has 0 bridgehead atoms. The first-order chi connectivity index (χ1) is 12.3. The van der Waals surface area contributed by atoms with Crippen molar-refractivity contribution in [1.82, 2.24) is 14.5 Å². The number of piperazine rings is 1. The van der Waals surface area contributed by atoms with E-state index in [1.54, 1.807) is 0 Å². The fourth-order valence-electron chi connectivity index (χ4n) is 3.81. The number of aryl methyl sites for hydroxylation is 1. The number of anilines is 2. The predicted molar refractivity (Wildman–Crippen MR) is 114 cm³/mol. The van der Waals surface area contributed by atoms with Crippen LogP contribution in [-0.2, 0) is 17.8 Å². The van der Waals surface area contributed by atoms with Gasteiger partial charge in [0.15, 0.2) is 0 Å². The maximum Gasteiger partial charge on any atom is 0.241 e. The number of amides is 1. The number of aromatic nitrogens is 2. The van der Waals surface area contributed by atoms with Crippen LogP contribution in [0.1, 0.15) is 12.5 Å². The Bertz CT molecular complexity index is 758. The molecule has 148 valence electrons. The van der Waals surface area contributed by atoms with Crippen LogP contribution in [0.15, 0.2) is 36.7 Å². The third-order valence-electron chi connectivity index (χ3n) is 5.24. The summed E-state index contributed by atoms with van der Waals surface area (Å²) in [7, 11) is 0. The number of hydrogen-bond donors (Lipinski definition) is 0. The van der Waals surface area contributed by atoms with Crippen LogP contribution in [0.3, 0.4) is 0 Å². The molecule has 1 fully saturated rings. The van der Waals surface area contributed by atoms with Crippen LogP contribution >= 0.6 is 24.8 Å². The quantitative estimate of drug-likeness (QED) is 0.774. The highest BCUT2D eigenvalue weighted by atomic mass is 35.5. The van der Waals surface area contributed by atoms with Crippen molar-refractivity contribution in [3.8, 4) is 0 Å². The molecule has 4 rings (SSSR count). The van der Waals surface area contributed by atoms with Crippen molar-refractivity contribution in [3.05, 3.63) is 42.2 Å². The summed E-state index contributed by atoms with van der Waals surface area (Å²) in [6.07, 6.45) is 4.85. The minimum Gasteiger partial charge on any atom is -0.340 e. The largest absolute Gasteiger partial charge is 0.340 e. The molecule has 0 unspecified atom stereocenters. The second-order valence-electron chi connectivity index (χ2n) is 6.70. The molecule has 0 saturated carbocycles. The minimum atomic E-state index is 0. The van der Waals surface area contributed by atoms with E-state index in [0.29, 0.717) is 6.54 Å². The highest BCUT2D eigenvalue weighted by molar-refractivity contribution is 5.96. The molecule has 2 aliphatic rings. The number of nitrogens with zero attached hydrogens (tertiary/aromatic N) is 5. The van der Waals surface area contributed by atoms with Gasteiger partial charge >= 0.3 is 0 Å². The van der Waals surface area contributed by atoms with E-state index in [4.69, 9.17) is 0 Å². The van der Waals surface area contributed by atoms with E-state index in [2.05, 4.69) is 38.4 Å². The first-order valence-corrected chi connectivity index (χ1v) is 9.13. The van der Waals surface area contributed by atoms with E-state index in [1.807, 2.05) is 29.4 Å². The molecule has 0 atom stereocenters. The lowest BCUT2D eigenvalue weighted by Gasteiger charge is -2.35. The van der Waals surface area contributed by atoms with Crippen molar-refractivity contribution in [2.75, 3.05) is 49.1 Å². The summed E-state index contributed by atoms with van der Waals surface area (Å²) < 4.78 is 2.17. The van der Waals surface area contributed by atoms with Gasteiger partial charge in [-0.2, -0.15) is 0 Å². The first-order valence-electron chi connectivity index (χ1n) is 9.13. The molecule has 27 heavy (non-hydrogen) atoms. The van der Waals surface area contributed by atoms with Crippen LogP contribution < -0.4 is 9.80 Å². The number of para-hydroxylation sites is 1. The predicted octanol–water partition coefficient (Wildman–Crippen LogP) is 2.46. The molecule has 1 aromatic heterocycles. The van der Waals surface area contributed by atoms with Gasteiger partial charge in [0.1, 0.15) is 0 Å². The topological polar surface area (TPSA) is 44.6 Å². The fourth-order valence-corrected chi connectivity index (χ4v) is 3.81. The van der Waals surface area contributed by atoms with Crippen LogP contribution in [0.25, 0.3) is 0 Å². The average molecular weight is 412 g/mol. The molecule has 1 aromatic carbocycles. The Labute approximate surface area is 173 Å². The zero-order valence-electron chi connectivity index (χ0n) is 15.6. The summed E-state index contributed by atoms with van der Waals surface area (Å²) in [6.45, 7) is 8.02. The number of rotatable bonds is 4. The van der Waals surface area contributed by atoms with Crippen LogP contribution in [0, 0.1) is 0 Å². The zero-order valence-corrected chi connectivity index (χ0v) is 17.2. The third kappa shape index (κ3) is 4.39. The maximum absolute atomic E-state index is 12.7. The molecule has 2 aliphatic heterocycles. The average Bonchev–Trinajstić information content (AvgIpc) is 3.29. The number of fused-ring (bicyclic) bond motifs is 1. The second kappa shape index (κ2) is 9.44. The van der Waals surface area contributed by atoms with Gasteiger partial charge < -0.3 is 14.4 Å². The second-order valence-corrected chi connectivity index (χ2v) is 6.70. The fraction of sp³-hybridized carbons (Fsp3) is 0.474. The van der Waals surface area contributed by atoms with Gasteiger partial charge in [-0.05, 0) is 25.0 Å². The molecule has 1 saturated heterocycles. The lowest BCUT2D eigenvalue weighted by molar-refractivity contribution is -0.119. The van der Waals surface area contributed by atoms with E-state index in [-0.39, 0.29) is 30.7 Å². The molecule has 0 N–H and O–H groups in total. The summed E-state index contributed by atoms with van der Waals surface area (Å²) in [4.78, 5) is 23.7. The summed E-state index contributed by atoms with van der Waals surface area (Å²) in [6, 6.07) is 8.24. The van der Waals surface area contributed by atoms with Gasteiger partial charge in [-0.1, -0.05) is 18.2 Å². The zero-order chi connectivity index (χ0) is 17.2. The van der Waals surface area contributed by atoms with Crippen LogP contribution in [0.5, 0.6) is 0 Å². The SMILES string of the molecule is CCn1ccnc1N1CCN(CC(=O)N2CCc3ccccc32)CC1.Cl.Cl. The van der Waals surface area contributed by atoms with Gasteiger partial charge in [0, 0.05) is 57.3 Å². The van der Waals surface area contributed by atoms with E-state index >= 15 is 0 Å². The summed E-state index contributed by atoms with van der Waals surface area (Å²) in [5.41, 5.74) is 2.38. The van der Waals surface area contributed by atoms with Gasteiger partial charge in [0.05, 0.1) is 6.54 Å². The van der Waals surface area contributed by atoms with Crippen LogP contribution in [0.2, 0.25) is 0 Å². The van der Waals surface area contributed by atoms with Crippen molar-refractivity contribution in [3.63, 3.8) is 0 Å². The Kier molecular flexibility index (Phi) is 7.53. The highest BCUT2D eigenvalue weighted by Gasteiger charge is 2.27. The number of benzene rings is 1. The number of hydrogen-bond acceptors (Lipinski definition) is 4. The van der Waals surface area contributed by atoms with Crippen molar-refractivity contribution < 1.29 is 4.79 Å². The molecule has 1 amide bonds. The smallest absolute Gasteiger partial charge is 0.241 e. The van der Waals surface area contributed by atoms with E-state index in [9.17, 15) is 4.79 Å². The number of carbonyl (C=O) groups excluding carboxylic acids is 1. The minimum absolute atomic E-state index is 0. The molecule has 6 nitrogen and oxygen atoms in total. The van der Waals surface area contributed by atoms with E-state index in [0.717, 1.165) is 57.3 Å². The normalized spacial score (nSPS) is 16.5. The Balaban J connectivity index is 0.00000131. The lowest BCUT2D eigenvalue weighted by atomic mass is 10.2. The summed E-state index contributed by atoms with van der Waals surface area (Å²) in [5, 5.41) is 0. The molecular weight excluding hydrogens is 385 g/mol. The molecular formula is C19H27Cl2N5O. The standard InChI is InChI=1S/C19H25N5O.2ClH/c1-2-22-10-8-20-19(22)23-13-11-21(12-14-23)15-18(25)24-9-7-16-5-3-4-6-17(16)24;;/h3-6,8,10H,2,7,9,11-15H2,1H3;2*1H. The van der Waals surface area contributed by atoms with Gasteiger partial charge in [-0.15, -0.1) is 24.8 Å². The van der Waals surface area contributed by atoms with Crippen molar-refractivity contribution in [2.24, 2.45) is 0 Å². The van der Waals surface area contributed by atoms with Gasteiger partial charge in [-0.3, -0.25) is 9.69 Å². The summed E-state index contributed by atoms with van der Waals surface area (Å²) in [5.74, 6) is 1.26. The number of halogens is 2. The molecule has 0 spiro atoms. The number of carbonyl (C=O) groups is 1. The van der Waals surface area contributed by atoms with Gasteiger partial charge in [0.2, 0.25) is 11.9 Å². The van der Waals surface area contributed by atoms with Crippen LogP contribution in [0.4, 0.5) is 11.6 Å². The molecule has 8 heteroatoms. The maximum atomic E-state index is 12.7. The van der Waals surface area contributed by atoms with Gasteiger partial charge in [-0.25, -0.2) is 4.98 Å². The number of imidazole rings is 1. The van der Waals surface area contributed by atoms with Crippen LogP contribution in [-0.4, -0.2) is 59.6 Å². The van der Waals surface area contributed by atoms with Crippen molar-refractivity contribution in [1.29, 1.82) is 0 Å². The Morgan fingerprint density at radius 3 is 2.56 bits per heavy atom. The summed E-state index contributed by atoms with van der Waals surface area (Å²) >= 11 is 0. The monoisotopic (exact) mass is 411 g/mol. The van der Waals surface area contributed by atoms with Crippen molar-refractivity contribution in [2.45, 2.75) is 19.9 Å². The lowest BCUT2D eigenvalue weighted by Crippen LogP contribution is -2.50. The van der Waals surface area contributed by atoms with Gasteiger partial charge in [0.25, 0.3) is 0 Å². The van der Waals surface area contributed by atoms with E-state index < -0.39 is 0 Å². The Morgan fingerprint density at radius 2 is 1.81 bits per heavy atom. The first kappa shape index (κ1) is 21.5. The molecule has 0 radical (unpaired) electrons. The molecule has 3 heterocycles. The Hall–Kier alpha value is -1.76. The van der Waals surface area contributed by atoms with Crippen molar-refractivity contribution >= 4 is 42.4 Å². The molecule has 2 aromatic rings. The van der Waals surface area contributed by atoms with E-state index in [1.165, 1.54) is 5.56 Å². The highest BCUT2D eigenvalue weighted by Crippen LogP contribution is 2.27.